The molecule has 1 aromatic carbocycles. The summed E-state index contributed by atoms with van der Waals surface area (Å²) < 4.78 is 2.36. The van der Waals surface area contributed by atoms with Crippen LogP contribution >= 0.6 is 0 Å². The van der Waals surface area contributed by atoms with E-state index in [0.29, 0.717) is 0 Å². The van der Waals surface area contributed by atoms with Gasteiger partial charge in [-0.25, -0.2) is 9.55 Å². The van der Waals surface area contributed by atoms with Gasteiger partial charge in [-0.1, -0.05) is 25.5 Å². The SMILES string of the molecule is CCCC[n+]1c(C)[nH]c2ccccc21. The number of aromatic nitrogens is 2. The molecule has 0 fully saturated rings. The molecule has 14 heavy (non-hydrogen) atoms. The standard InChI is InChI=1S/C12H16N2/c1-3-4-9-14-10(2)13-11-7-5-6-8-12(11)14/h5-8H,3-4,9H2,1-2H3/p+1. The van der Waals surface area contributed by atoms with E-state index < -0.39 is 0 Å². The summed E-state index contributed by atoms with van der Waals surface area (Å²) in [5, 5.41) is 0. The highest BCUT2D eigenvalue weighted by atomic mass is 15.1. The van der Waals surface area contributed by atoms with E-state index >= 15 is 0 Å². The highest BCUT2D eigenvalue weighted by Crippen LogP contribution is 2.08. The molecule has 2 aromatic rings. The summed E-state index contributed by atoms with van der Waals surface area (Å²) in [6, 6.07) is 8.47. The number of unbranched alkanes of at least 4 members (excludes halogenated alkanes) is 1. The van der Waals surface area contributed by atoms with E-state index in [2.05, 4.69) is 47.7 Å². The van der Waals surface area contributed by atoms with Crippen LogP contribution in [0.25, 0.3) is 11.0 Å². The Labute approximate surface area is 84.6 Å². The molecule has 2 rings (SSSR count). The normalized spacial score (nSPS) is 11.0. The predicted octanol–water partition coefficient (Wildman–Crippen LogP) is 2.56. The molecule has 0 aliphatic heterocycles. The summed E-state index contributed by atoms with van der Waals surface area (Å²) in [7, 11) is 0. The lowest BCUT2D eigenvalue weighted by Crippen LogP contribution is -2.35. The van der Waals surface area contributed by atoms with Gasteiger partial charge in [-0.2, -0.15) is 0 Å². The Hall–Kier alpha value is -1.31. The molecule has 1 N–H and O–H groups in total. The lowest BCUT2D eigenvalue weighted by molar-refractivity contribution is -0.677. The minimum absolute atomic E-state index is 1.12. The number of aromatic amines is 1. The van der Waals surface area contributed by atoms with Gasteiger partial charge in [0.05, 0.1) is 6.54 Å². The summed E-state index contributed by atoms with van der Waals surface area (Å²) in [6.07, 6.45) is 2.49. The number of benzene rings is 1. The van der Waals surface area contributed by atoms with Crippen molar-refractivity contribution in [1.29, 1.82) is 0 Å². The van der Waals surface area contributed by atoms with Crippen LogP contribution in [0.3, 0.4) is 0 Å². The van der Waals surface area contributed by atoms with Crippen molar-refractivity contribution >= 4 is 11.0 Å². The molecule has 0 unspecified atom stereocenters. The van der Waals surface area contributed by atoms with E-state index in [9.17, 15) is 0 Å². The number of rotatable bonds is 3. The van der Waals surface area contributed by atoms with Gasteiger partial charge in [-0.15, -0.1) is 0 Å². The van der Waals surface area contributed by atoms with Crippen molar-refractivity contribution in [3.63, 3.8) is 0 Å². The van der Waals surface area contributed by atoms with Crippen LogP contribution in [-0.2, 0) is 6.54 Å². The highest BCUT2D eigenvalue weighted by molar-refractivity contribution is 5.70. The molecule has 0 saturated heterocycles. The van der Waals surface area contributed by atoms with Crippen LogP contribution < -0.4 is 4.57 Å². The van der Waals surface area contributed by atoms with Crippen LogP contribution in [0.4, 0.5) is 0 Å². The maximum absolute atomic E-state index is 3.40. The number of hydrogen-bond acceptors (Lipinski definition) is 0. The summed E-state index contributed by atoms with van der Waals surface area (Å²) in [5.41, 5.74) is 2.56. The molecule has 0 aliphatic carbocycles. The second kappa shape index (κ2) is 3.82. The maximum Gasteiger partial charge on any atom is 0.251 e. The minimum atomic E-state index is 1.12. The smallest absolute Gasteiger partial charge is 0.241 e. The molecule has 74 valence electrons. The topological polar surface area (TPSA) is 19.7 Å². The van der Waals surface area contributed by atoms with Gasteiger partial charge < -0.3 is 0 Å². The van der Waals surface area contributed by atoms with Crippen LogP contribution in [0.1, 0.15) is 25.6 Å². The van der Waals surface area contributed by atoms with Crippen molar-refractivity contribution in [1.82, 2.24) is 4.98 Å². The average molecular weight is 189 g/mol. The van der Waals surface area contributed by atoms with Crippen LogP contribution in [0.2, 0.25) is 0 Å². The molecule has 0 saturated carbocycles. The van der Waals surface area contributed by atoms with E-state index in [1.165, 1.54) is 29.7 Å². The molecular formula is C12H17N2+. The molecule has 0 bridgehead atoms. The van der Waals surface area contributed by atoms with Crippen molar-refractivity contribution < 1.29 is 4.57 Å². The zero-order valence-electron chi connectivity index (χ0n) is 8.88. The Bertz CT molecular complexity index is 429. The quantitative estimate of drug-likeness (QED) is 0.716. The van der Waals surface area contributed by atoms with E-state index in [0.717, 1.165) is 6.54 Å². The summed E-state index contributed by atoms with van der Waals surface area (Å²) >= 11 is 0. The first-order chi connectivity index (χ1) is 6.83. The third kappa shape index (κ3) is 1.52. The van der Waals surface area contributed by atoms with Gasteiger partial charge in [0, 0.05) is 6.92 Å². The number of hydrogen-bond donors (Lipinski definition) is 1. The molecule has 0 atom stereocenters. The molecule has 0 amide bonds. The van der Waals surface area contributed by atoms with Gasteiger partial charge in [0.1, 0.15) is 0 Å². The molecule has 0 aliphatic rings. The van der Waals surface area contributed by atoms with Crippen molar-refractivity contribution in [2.45, 2.75) is 33.2 Å². The second-order valence-corrected chi connectivity index (χ2v) is 3.73. The summed E-state index contributed by atoms with van der Waals surface area (Å²) in [4.78, 5) is 3.40. The Morgan fingerprint density at radius 1 is 1.29 bits per heavy atom. The number of fused-ring (bicyclic) bond motifs is 1. The lowest BCUT2D eigenvalue weighted by atomic mass is 10.3. The third-order valence-corrected chi connectivity index (χ3v) is 2.65. The fourth-order valence-corrected chi connectivity index (χ4v) is 1.86. The van der Waals surface area contributed by atoms with Crippen molar-refractivity contribution in [3.8, 4) is 0 Å². The summed E-state index contributed by atoms with van der Waals surface area (Å²) in [5.74, 6) is 1.25. The zero-order chi connectivity index (χ0) is 9.97. The first kappa shape index (κ1) is 9.25. The molecule has 2 nitrogen and oxygen atoms in total. The fraction of sp³-hybridized carbons (Fsp3) is 0.417. The third-order valence-electron chi connectivity index (χ3n) is 2.65. The monoisotopic (exact) mass is 189 g/mol. The van der Waals surface area contributed by atoms with Crippen LogP contribution in [-0.4, -0.2) is 4.98 Å². The minimum Gasteiger partial charge on any atom is -0.241 e. The van der Waals surface area contributed by atoms with Crippen LogP contribution in [0, 0.1) is 6.92 Å². The average Bonchev–Trinajstić information content (AvgIpc) is 2.51. The molecule has 1 aromatic heterocycles. The van der Waals surface area contributed by atoms with Gasteiger partial charge in [-0.3, -0.25) is 0 Å². The fourth-order valence-electron chi connectivity index (χ4n) is 1.86. The second-order valence-electron chi connectivity index (χ2n) is 3.73. The summed E-state index contributed by atoms with van der Waals surface area (Å²) in [6.45, 7) is 5.48. The Balaban J connectivity index is 2.45. The Morgan fingerprint density at radius 3 is 2.86 bits per heavy atom. The van der Waals surface area contributed by atoms with E-state index in [1.807, 2.05) is 0 Å². The largest absolute Gasteiger partial charge is 0.251 e. The first-order valence-electron chi connectivity index (χ1n) is 5.30. The molecule has 2 heteroatoms. The number of H-pyrrole nitrogens is 1. The van der Waals surface area contributed by atoms with Gasteiger partial charge in [0.2, 0.25) is 0 Å². The van der Waals surface area contributed by atoms with Crippen molar-refractivity contribution in [2.24, 2.45) is 0 Å². The van der Waals surface area contributed by atoms with Gasteiger partial charge in [-0.05, 0) is 18.6 Å². The highest BCUT2D eigenvalue weighted by Gasteiger charge is 2.12. The molecule has 0 radical (unpaired) electrons. The van der Waals surface area contributed by atoms with Crippen molar-refractivity contribution in [3.05, 3.63) is 30.1 Å². The van der Waals surface area contributed by atoms with Gasteiger partial charge >= 0.3 is 0 Å². The number of para-hydroxylation sites is 2. The zero-order valence-corrected chi connectivity index (χ0v) is 8.88. The number of aryl methyl sites for hydroxylation is 2. The number of nitrogens with zero attached hydrogens (tertiary/aromatic N) is 1. The first-order valence-corrected chi connectivity index (χ1v) is 5.30. The number of imidazole rings is 1. The molecule has 1 heterocycles. The van der Waals surface area contributed by atoms with Crippen molar-refractivity contribution in [2.75, 3.05) is 0 Å². The Kier molecular flexibility index (Phi) is 2.53. The van der Waals surface area contributed by atoms with E-state index in [4.69, 9.17) is 0 Å². The molecule has 0 spiro atoms. The Morgan fingerprint density at radius 2 is 2.07 bits per heavy atom. The number of nitrogens with one attached hydrogen (secondary N) is 1. The lowest BCUT2D eigenvalue weighted by Gasteiger charge is -1.97. The van der Waals surface area contributed by atoms with Crippen LogP contribution in [0.15, 0.2) is 24.3 Å². The van der Waals surface area contributed by atoms with Gasteiger partial charge in [0.25, 0.3) is 5.82 Å². The van der Waals surface area contributed by atoms with E-state index in [1.54, 1.807) is 0 Å². The maximum atomic E-state index is 3.40. The van der Waals surface area contributed by atoms with Crippen LogP contribution in [0.5, 0.6) is 0 Å². The van der Waals surface area contributed by atoms with E-state index in [-0.39, 0.29) is 0 Å². The molecular weight excluding hydrogens is 172 g/mol. The predicted molar refractivity (Wildman–Crippen MR) is 58.1 cm³/mol. The van der Waals surface area contributed by atoms with Gasteiger partial charge in [0.15, 0.2) is 11.0 Å².